The normalized spacial score (nSPS) is 22.6. The van der Waals surface area contributed by atoms with Crippen LogP contribution < -0.4 is 5.32 Å². The number of likely N-dealkylation sites (tertiary alicyclic amines) is 1. The van der Waals surface area contributed by atoms with Crippen LogP contribution in [0, 0.1) is 6.92 Å². The van der Waals surface area contributed by atoms with Crippen molar-refractivity contribution in [2.75, 3.05) is 13.1 Å². The van der Waals surface area contributed by atoms with E-state index in [1.165, 1.54) is 12.8 Å². The highest BCUT2D eigenvalue weighted by Gasteiger charge is 2.29. The molecule has 2 aliphatic rings. The molecule has 0 amide bonds. The van der Waals surface area contributed by atoms with Crippen molar-refractivity contribution in [3.05, 3.63) is 23.4 Å². The van der Waals surface area contributed by atoms with Crippen LogP contribution in [0.15, 0.2) is 9.05 Å². The molecule has 1 N–H and O–H groups in total. The summed E-state index contributed by atoms with van der Waals surface area (Å²) in [6.07, 6.45) is 4.70. The minimum atomic E-state index is 0.424. The molecule has 1 aliphatic heterocycles. The van der Waals surface area contributed by atoms with Crippen LogP contribution in [0.5, 0.6) is 0 Å². The third kappa shape index (κ3) is 3.76. The van der Waals surface area contributed by atoms with Crippen molar-refractivity contribution in [2.45, 2.75) is 57.7 Å². The van der Waals surface area contributed by atoms with Crippen molar-refractivity contribution in [3.63, 3.8) is 0 Å². The average molecular weight is 318 g/mol. The van der Waals surface area contributed by atoms with Gasteiger partial charge in [0, 0.05) is 25.4 Å². The predicted molar refractivity (Wildman–Crippen MR) is 80.4 cm³/mol. The van der Waals surface area contributed by atoms with Gasteiger partial charge in [0.05, 0.1) is 13.1 Å². The number of hydrogen-bond donors (Lipinski definition) is 1. The van der Waals surface area contributed by atoms with E-state index in [4.69, 9.17) is 9.05 Å². The van der Waals surface area contributed by atoms with Crippen molar-refractivity contribution < 1.29 is 9.05 Å². The molecule has 124 valence electrons. The van der Waals surface area contributed by atoms with E-state index < -0.39 is 0 Å². The summed E-state index contributed by atoms with van der Waals surface area (Å²) in [7, 11) is 0. The molecular formula is C15H22N6O2. The number of nitrogens with zero attached hydrogens (tertiary/aromatic N) is 5. The summed E-state index contributed by atoms with van der Waals surface area (Å²) in [5.41, 5.74) is 0. The quantitative estimate of drug-likeness (QED) is 0.854. The molecule has 4 rings (SSSR count). The third-order valence-electron chi connectivity index (χ3n) is 4.41. The summed E-state index contributed by atoms with van der Waals surface area (Å²) < 4.78 is 10.3. The van der Waals surface area contributed by atoms with E-state index in [1.54, 1.807) is 0 Å². The van der Waals surface area contributed by atoms with Gasteiger partial charge in [0.15, 0.2) is 11.6 Å². The summed E-state index contributed by atoms with van der Waals surface area (Å²) in [4.78, 5) is 11.1. The molecule has 0 bridgehead atoms. The molecule has 0 unspecified atom stereocenters. The number of aryl methyl sites for hydroxylation is 1. The van der Waals surface area contributed by atoms with E-state index in [0.717, 1.165) is 44.1 Å². The molecule has 2 fully saturated rings. The third-order valence-corrected chi connectivity index (χ3v) is 4.41. The molecule has 0 aromatic carbocycles. The minimum absolute atomic E-state index is 0.424. The summed E-state index contributed by atoms with van der Waals surface area (Å²) >= 11 is 0. The maximum absolute atomic E-state index is 5.31. The largest absolute Gasteiger partial charge is 0.340 e. The highest BCUT2D eigenvalue weighted by atomic mass is 16.5. The van der Waals surface area contributed by atoms with Crippen LogP contribution in [-0.4, -0.2) is 44.3 Å². The van der Waals surface area contributed by atoms with Crippen molar-refractivity contribution in [3.8, 4) is 0 Å². The lowest BCUT2D eigenvalue weighted by atomic mass is 10.1. The molecule has 8 heteroatoms. The first-order chi connectivity index (χ1) is 11.3. The van der Waals surface area contributed by atoms with Crippen LogP contribution in [-0.2, 0) is 13.1 Å². The first kappa shape index (κ1) is 14.8. The van der Waals surface area contributed by atoms with E-state index in [0.29, 0.717) is 30.3 Å². The fourth-order valence-corrected chi connectivity index (χ4v) is 3.05. The number of hydrogen-bond acceptors (Lipinski definition) is 8. The van der Waals surface area contributed by atoms with Gasteiger partial charge in [0.25, 0.3) is 0 Å². The summed E-state index contributed by atoms with van der Waals surface area (Å²) in [5.74, 6) is 3.48. The van der Waals surface area contributed by atoms with Gasteiger partial charge in [0.1, 0.15) is 0 Å². The van der Waals surface area contributed by atoms with E-state index >= 15 is 0 Å². The van der Waals surface area contributed by atoms with Gasteiger partial charge in [-0.2, -0.15) is 9.97 Å². The summed E-state index contributed by atoms with van der Waals surface area (Å²) in [5, 5.41) is 11.6. The van der Waals surface area contributed by atoms with Crippen molar-refractivity contribution in [1.82, 2.24) is 30.5 Å². The van der Waals surface area contributed by atoms with Crippen molar-refractivity contribution >= 4 is 0 Å². The zero-order valence-corrected chi connectivity index (χ0v) is 13.4. The first-order valence-corrected chi connectivity index (χ1v) is 8.33. The molecule has 2 aromatic heterocycles. The molecule has 0 radical (unpaired) electrons. The molecule has 1 atom stereocenters. The zero-order valence-electron chi connectivity index (χ0n) is 13.4. The Morgan fingerprint density at radius 2 is 2.09 bits per heavy atom. The van der Waals surface area contributed by atoms with Crippen LogP contribution in [0.25, 0.3) is 0 Å². The van der Waals surface area contributed by atoms with Gasteiger partial charge in [-0.1, -0.05) is 10.3 Å². The highest BCUT2D eigenvalue weighted by Crippen LogP contribution is 2.38. The van der Waals surface area contributed by atoms with Crippen LogP contribution >= 0.6 is 0 Å². The van der Waals surface area contributed by atoms with Gasteiger partial charge in [0.2, 0.25) is 11.8 Å². The van der Waals surface area contributed by atoms with Crippen LogP contribution in [0.4, 0.5) is 0 Å². The molecule has 1 saturated heterocycles. The van der Waals surface area contributed by atoms with Gasteiger partial charge in [-0.05, 0) is 32.2 Å². The minimum Gasteiger partial charge on any atom is -0.340 e. The van der Waals surface area contributed by atoms with Gasteiger partial charge < -0.3 is 14.4 Å². The number of nitrogens with one attached hydrogen (secondary N) is 1. The lowest BCUT2D eigenvalue weighted by Gasteiger charge is -2.32. The molecular weight excluding hydrogens is 296 g/mol. The Labute approximate surface area is 134 Å². The monoisotopic (exact) mass is 318 g/mol. The molecule has 0 spiro atoms. The number of rotatable bonds is 6. The Morgan fingerprint density at radius 1 is 1.17 bits per heavy atom. The SMILES string of the molecule is Cc1nc(CN2CCC[C@@H](NCc3nc(C4CC4)no3)C2)no1. The lowest BCUT2D eigenvalue weighted by Crippen LogP contribution is -2.45. The second kappa shape index (κ2) is 6.37. The van der Waals surface area contributed by atoms with Crippen LogP contribution in [0.2, 0.25) is 0 Å². The lowest BCUT2D eigenvalue weighted by molar-refractivity contribution is 0.174. The van der Waals surface area contributed by atoms with E-state index in [9.17, 15) is 0 Å². The fraction of sp³-hybridized carbons (Fsp3) is 0.733. The Morgan fingerprint density at radius 3 is 2.87 bits per heavy atom. The molecule has 23 heavy (non-hydrogen) atoms. The second-order valence-electron chi connectivity index (χ2n) is 6.51. The second-order valence-corrected chi connectivity index (χ2v) is 6.51. The predicted octanol–water partition coefficient (Wildman–Crippen LogP) is 1.39. The van der Waals surface area contributed by atoms with Crippen molar-refractivity contribution in [1.29, 1.82) is 0 Å². The van der Waals surface area contributed by atoms with Gasteiger partial charge in [-0.25, -0.2) is 0 Å². The Balaban J connectivity index is 1.26. The molecule has 1 saturated carbocycles. The van der Waals surface area contributed by atoms with E-state index in [2.05, 4.69) is 30.5 Å². The van der Waals surface area contributed by atoms with Gasteiger partial charge in [-0.15, -0.1) is 0 Å². The zero-order chi connectivity index (χ0) is 15.6. The van der Waals surface area contributed by atoms with Gasteiger partial charge in [-0.3, -0.25) is 4.90 Å². The first-order valence-electron chi connectivity index (χ1n) is 8.33. The standard InChI is InChI=1S/C15H22N6O2/c1-10-17-13(19-22-10)9-21-6-2-3-12(8-21)16-7-14-18-15(20-23-14)11-4-5-11/h11-12,16H,2-9H2,1H3/t12-/m1/s1. The Kier molecular flexibility index (Phi) is 4.09. The topological polar surface area (TPSA) is 93.1 Å². The molecule has 2 aromatic rings. The highest BCUT2D eigenvalue weighted by molar-refractivity contribution is 5.03. The number of piperidine rings is 1. The average Bonchev–Trinajstić information content (AvgIpc) is 3.16. The molecule has 3 heterocycles. The van der Waals surface area contributed by atoms with Crippen LogP contribution in [0.3, 0.4) is 0 Å². The van der Waals surface area contributed by atoms with E-state index in [-0.39, 0.29) is 0 Å². The molecule has 8 nitrogen and oxygen atoms in total. The Hall–Kier alpha value is -1.80. The van der Waals surface area contributed by atoms with Crippen molar-refractivity contribution in [2.24, 2.45) is 0 Å². The smallest absolute Gasteiger partial charge is 0.240 e. The van der Waals surface area contributed by atoms with Crippen LogP contribution in [0.1, 0.15) is 55.0 Å². The summed E-state index contributed by atoms with van der Waals surface area (Å²) in [6.45, 7) is 5.23. The van der Waals surface area contributed by atoms with Gasteiger partial charge >= 0.3 is 0 Å². The molecule has 1 aliphatic carbocycles. The summed E-state index contributed by atoms with van der Waals surface area (Å²) in [6, 6.07) is 0.424. The number of aromatic nitrogens is 4. The fourth-order valence-electron chi connectivity index (χ4n) is 3.05. The van der Waals surface area contributed by atoms with E-state index in [1.807, 2.05) is 6.92 Å². The maximum Gasteiger partial charge on any atom is 0.240 e. The Bertz CT molecular complexity index is 650. The maximum atomic E-state index is 5.31.